The molecular weight excluding hydrogens is 350 g/mol. The number of hydrogen-bond acceptors (Lipinski definition) is 7. The van der Waals surface area contributed by atoms with Gasteiger partial charge in [-0.3, -0.25) is 24.5 Å². The van der Waals surface area contributed by atoms with E-state index >= 15 is 0 Å². The Morgan fingerprint density at radius 3 is 2.74 bits per heavy atom. The van der Waals surface area contributed by atoms with Gasteiger partial charge >= 0.3 is 0 Å². The van der Waals surface area contributed by atoms with Crippen molar-refractivity contribution in [2.45, 2.75) is 26.1 Å². The molecule has 0 saturated heterocycles. The maximum atomic E-state index is 13.0. The van der Waals surface area contributed by atoms with Crippen molar-refractivity contribution in [2.75, 3.05) is 0 Å². The van der Waals surface area contributed by atoms with Crippen LogP contribution in [0.5, 0.6) is 0 Å². The van der Waals surface area contributed by atoms with Gasteiger partial charge in [0.1, 0.15) is 5.69 Å². The molecule has 1 atom stereocenters. The van der Waals surface area contributed by atoms with Crippen LogP contribution in [0.1, 0.15) is 23.1 Å². The molecule has 0 saturated carbocycles. The number of benzene rings is 1. The zero-order valence-corrected chi connectivity index (χ0v) is 14.4. The van der Waals surface area contributed by atoms with E-state index in [2.05, 4.69) is 20.2 Å². The van der Waals surface area contributed by atoms with Gasteiger partial charge in [0, 0.05) is 36.6 Å². The number of nitro groups is 1. The average molecular weight is 365 g/mol. The smallest absolute Gasteiger partial charge is 0.292 e. The molecule has 0 aliphatic carbocycles. The van der Waals surface area contributed by atoms with Gasteiger partial charge in [0.2, 0.25) is 5.82 Å². The van der Waals surface area contributed by atoms with Crippen molar-refractivity contribution < 1.29 is 9.72 Å². The van der Waals surface area contributed by atoms with Crippen molar-refractivity contribution in [2.24, 2.45) is 0 Å². The van der Waals surface area contributed by atoms with Gasteiger partial charge in [-0.2, -0.15) is 0 Å². The third-order valence-electron chi connectivity index (χ3n) is 4.50. The number of nitro benzene ring substituents is 1. The van der Waals surface area contributed by atoms with Crippen LogP contribution in [0.3, 0.4) is 0 Å². The van der Waals surface area contributed by atoms with E-state index in [1.54, 1.807) is 46.3 Å². The molecule has 10 heteroatoms. The molecule has 1 amide bonds. The minimum atomic E-state index is -0.441. The minimum absolute atomic E-state index is 0.00945. The molecule has 4 rings (SSSR count). The van der Waals surface area contributed by atoms with Crippen LogP contribution in [-0.4, -0.2) is 46.5 Å². The standard InChI is InChI=1S/C17H15N7O3/c1-11-9-23-15(13-8-18-6-7-19-13)20-21-16(23)17(25)22(11)10-12-4-2-3-5-14(12)24(26)27/h2-8,11H,9-10H2,1H3/t11-/m0/s1. The Morgan fingerprint density at radius 1 is 1.22 bits per heavy atom. The van der Waals surface area contributed by atoms with Gasteiger partial charge < -0.3 is 4.90 Å². The Kier molecular flexibility index (Phi) is 4.07. The van der Waals surface area contributed by atoms with Crippen LogP contribution in [0.25, 0.3) is 11.5 Å². The van der Waals surface area contributed by atoms with E-state index in [9.17, 15) is 14.9 Å². The van der Waals surface area contributed by atoms with Gasteiger partial charge in [-0.1, -0.05) is 18.2 Å². The van der Waals surface area contributed by atoms with Crippen LogP contribution in [0.2, 0.25) is 0 Å². The SMILES string of the molecule is C[C@H]1Cn2c(nnc2-c2cnccn2)C(=O)N1Cc1ccccc1[N+](=O)[O-]. The van der Waals surface area contributed by atoms with E-state index in [1.807, 2.05) is 6.92 Å². The maximum absolute atomic E-state index is 13.0. The summed E-state index contributed by atoms with van der Waals surface area (Å²) in [5.74, 6) is 0.338. The van der Waals surface area contributed by atoms with E-state index < -0.39 is 4.92 Å². The molecule has 0 unspecified atom stereocenters. The molecule has 1 aromatic carbocycles. The van der Waals surface area contributed by atoms with Crippen LogP contribution in [-0.2, 0) is 13.1 Å². The lowest BCUT2D eigenvalue weighted by molar-refractivity contribution is -0.385. The maximum Gasteiger partial charge on any atom is 0.292 e. The summed E-state index contributed by atoms with van der Waals surface area (Å²) in [6.07, 6.45) is 4.66. The number of carbonyl (C=O) groups is 1. The van der Waals surface area contributed by atoms with Crippen molar-refractivity contribution in [3.05, 3.63) is 64.4 Å². The molecule has 10 nitrogen and oxygen atoms in total. The number of aromatic nitrogens is 5. The van der Waals surface area contributed by atoms with Crippen molar-refractivity contribution in [1.29, 1.82) is 0 Å². The highest BCUT2D eigenvalue weighted by molar-refractivity contribution is 5.92. The van der Waals surface area contributed by atoms with Crippen LogP contribution in [0.4, 0.5) is 5.69 Å². The van der Waals surface area contributed by atoms with Gasteiger partial charge in [-0.15, -0.1) is 10.2 Å². The summed E-state index contributed by atoms with van der Waals surface area (Å²) in [7, 11) is 0. The topological polar surface area (TPSA) is 120 Å². The molecule has 0 N–H and O–H groups in total. The number of rotatable bonds is 4. The molecular formula is C17H15N7O3. The summed E-state index contributed by atoms with van der Waals surface area (Å²) in [6, 6.07) is 6.21. The van der Waals surface area contributed by atoms with E-state index in [-0.39, 0.29) is 30.0 Å². The van der Waals surface area contributed by atoms with Crippen LogP contribution in [0.15, 0.2) is 42.9 Å². The summed E-state index contributed by atoms with van der Waals surface area (Å²) >= 11 is 0. The van der Waals surface area contributed by atoms with Gasteiger partial charge in [0.25, 0.3) is 11.6 Å². The van der Waals surface area contributed by atoms with E-state index in [1.165, 1.54) is 6.07 Å². The first kappa shape index (κ1) is 16.8. The van der Waals surface area contributed by atoms with Crippen molar-refractivity contribution in [3.63, 3.8) is 0 Å². The highest BCUT2D eigenvalue weighted by atomic mass is 16.6. The van der Waals surface area contributed by atoms with Gasteiger partial charge in [-0.25, -0.2) is 4.98 Å². The second kappa shape index (κ2) is 6.56. The Labute approximate surface area is 153 Å². The third-order valence-corrected chi connectivity index (χ3v) is 4.50. The first-order valence-electron chi connectivity index (χ1n) is 8.29. The molecule has 3 aromatic rings. The molecule has 0 radical (unpaired) electrons. The number of amides is 1. The van der Waals surface area contributed by atoms with Crippen molar-refractivity contribution in [3.8, 4) is 11.5 Å². The Morgan fingerprint density at radius 2 is 2.00 bits per heavy atom. The molecule has 1 aliphatic rings. The molecule has 27 heavy (non-hydrogen) atoms. The molecule has 136 valence electrons. The largest absolute Gasteiger partial charge is 0.327 e. The second-order valence-electron chi connectivity index (χ2n) is 6.22. The fraction of sp³-hybridized carbons (Fsp3) is 0.235. The van der Waals surface area contributed by atoms with Crippen LogP contribution < -0.4 is 0 Å². The highest BCUT2D eigenvalue weighted by Crippen LogP contribution is 2.26. The van der Waals surface area contributed by atoms with Crippen molar-refractivity contribution >= 4 is 11.6 Å². The normalized spacial score (nSPS) is 16.3. The molecule has 3 heterocycles. The molecule has 0 bridgehead atoms. The lowest BCUT2D eigenvalue weighted by atomic mass is 10.1. The summed E-state index contributed by atoms with van der Waals surface area (Å²) in [6.45, 7) is 2.47. The third kappa shape index (κ3) is 2.90. The number of hydrogen-bond donors (Lipinski definition) is 0. The Hall–Kier alpha value is -3.69. The van der Waals surface area contributed by atoms with Gasteiger partial charge in [-0.05, 0) is 6.92 Å². The average Bonchev–Trinajstić information content (AvgIpc) is 3.10. The number of nitrogens with zero attached hydrogens (tertiary/aromatic N) is 7. The zero-order chi connectivity index (χ0) is 19.0. The number of fused-ring (bicyclic) bond motifs is 1. The zero-order valence-electron chi connectivity index (χ0n) is 14.4. The predicted molar refractivity (Wildman–Crippen MR) is 93.5 cm³/mol. The summed E-state index contributed by atoms with van der Waals surface area (Å²) < 4.78 is 1.72. The second-order valence-corrected chi connectivity index (χ2v) is 6.22. The van der Waals surface area contributed by atoms with Gasteiger partial charge in [0.05, 0.1) is 17.7 Å². The van der Waals surface area contributed by atoms with Crippen LogP contribution in [0, 0.1) is 10.1 Å². The molecule has 0 fully saturated rings. The minimum Gasteiger partial charge on any atom is -0.327 e. The van der Waals surface area contributed by atoms with Gasteiger partial charge in [0.15, 0.2) is 5.82 Å². The fourth-order valence-corrected chi connectivity index (χ4v) is 3.16. The first-order chi connectivity index (χ1) is 13.1. The summed E-state index contributed by atoms with van der Waals surface area (Å²) in [4.78, 5) is 33.6. The highest BCUT2D eigenvalue weighted by Gasteiger charge is 2.35. The molecule has 2 aromatic heterocycles. The van der Waals surface area contributed by atoms with E-state index in [0.717, 1.165) is 0 Å². The lowest BCUT2D eigenvalue weighted by Crippen LogP contribution is -2.46. The lowest BCUT2D eigenvalue weighted by Gasteiger charge is -2.33. The quantitative estimate of drug-likeness (QED) is 0.509. The summed E-state index contributed by atoms with van der Waals surface area (Å²) in [5, 5.41) is 19.4. The molecule has 0 spiro atoms. The van der Waals surface area contributed by atoms with E-state index in [0.29, 0.717) is 23.6 Å². The fourth-order valence-electron chi connectivity index (χ4n) is 3.16. The Balaban J connectivity index is 1.67. The monoisotopic (exact) mass is 365 g/mol. The predicted octanol–water partition coefficient (Wildman–Crippen LogP) is 1.69. The molecule has 1 aliphatic heterocycles. The summed E-state index contributed by atoms with van der Waals surface area (Å²) in [5.41, 5.74) is 0.998. The first-order valence-corrected chi connectivity index (χ1v) is 8.29. The number of carbonyl (C=O) groups excluding carboxylic acids is 1. The number of para-hydroxylation sites is 1. The van der Waals surface area contributed by atoms with E-state index in [4.69, 9.17) is 0 Å². The van der Waals surface area contributed by atoms with Crippen LogP contribution >= 0.6 is 0 Å². The van der Waals surface area contributed by atoms with Crippen molar-refractivity contribution in [1.82, 2.24) is 29.6 Å². The Bertz CT molecular complexity index is 1020.